The van der Waals surface area contributed by atoms with Crippen LogP contribution in [0.4, 0.5) is 0 Å². The maximum absolute atomic E-state index is 5.15. The molecule has 0 aliphatic rings. The van der Waals surface area contributed by atoms with Gasteiger partial charge in [-0.15, -0.1) is 0 Å². The van der Waals surface area contributed by atoms with E-state index in [1.165, 1.54) is 11.3 Å². The van der Waals surface area contributed by atoms with Crippen molar-refractivity contribution in [3.63, 3.8) is 0 Å². The summed E-state index contributed by atoms with van der Waals surface area (Å²) in [7, 11) is 0. The molecule has 0 bridgehead atoms. The van der Waals surface area contributed by atoms with E-state index in [-0.39, 0.29) is 0 Å². The summed E-state index contributed by atoms with van der Waals surface area (Å²) in [5.41, 5.74) is 1.83. The lowest BCUT2D eigenvalue weighted by Crippen LogP contribution is -1.87. The Kier molecular flexibility index (Phi) is 2.45. The van der Waals surface area contributed by atoms with E-state index in [2.05, 4.69) is 10.1 Å². The predicted octanol–water partition coefficient (Wildman–Crippen LogP) is 3.07. The molecule has 4 heteroatoms. The van der Waals surface area contributed by atoms with Crippen LogP contribution in [-0.2, 0) is 0 Å². The van der Waals surface area contributed by atoms with Gasteiger partial charge in [0.25, 0.3) is 0 Å². The molecule has 0 amide bonds. The number of hydrogen-bond donors (Lipinski definition) is 0. The van der Waals surface area contributed by atoms with Crippen LogP contribution >= 0.6 is 11.3 Å². The molecular weight excluding hydrogens is 196 g/mol. The summed E-state index contributed by atoms with van der Waals surface area (Å²) in [6.07, 6.45) is 0. The third-order valence-electron chi connectivity index (χ3n) is 1.58. The molecule has 0 unspecified atom stereocenters. The summed E-state index contributed by atoms with van der Waals surface area (Å²) >= 11 is 1.50. The van der Waals surface area contributed by atoms with Crippen molar-refractivity contribution in [3.05, 3.63) is 24.3 Å². The van der Waals surface area contributed by atoms with Gasteiger partial charge in [-0.1, -0.05) is 28.6 Å². The van der Waals surface area contributed by atoms with Gasteiger partial charge >= 0.3 is 5.19 Å². The van der Waals surface area contributed by atoms with Gasteiger partial charge < -0.3 is 4.84 Å². The van der Waals surface area contributed by atoms with Crippen LogP contribution in [0.3, 0.4) is 0 Å². The molecule has 2 rings (SSSR count). The van der Waals surface area contributed by atoms with Gasteiger partial charge in [-0.3, -0.25) is 0 Å². The Bertz CT molecular complexity index is 439. The lowest BCUT2D eigenvalue weighted by atomic mass is 10.3. The fourth-order valence-corrected chi connectivity index (χ4v) is 1.79. The lowest BCUT2D eigenvalue weighted by molar-refractivity contribution is 0.339. The SMILES string of the molecule is CC(C)=NOc1nc2ccccc2s1. The zero-order chi connectivity index (χ0) is 9.97. The summed E-state index contributed by atoms with van der Waals surface area (Å²) in [4.78, 5) is 9.42. The van der Waals surface area contributed by atoms with Gasteiger partial charge in [0.15, 0.2) is 0 Å². The van der Waals surface area contributed by atoms with Crippen molar-refractivity contribution in [3.8, 4) is 5.19 Å². The number of rotatable bonds is 2. The smallest absolute Gasteiger partial charge is 0.306 e. The molecule has 3 nitrogen and oxygen atoms in total. The van der Waals surface area contributed by atoms with Crippen molar-refractivity contribution in [1.29, 1.82) is 0 Å². The fourth-order valence-electron chi connectivity index (χ4n) is 1.02. The zero-order valence-corrected chi connectivity index (χ0v) is 8.84. The highest BCUT2D eigenvalue weighted by atomic mass is 32.1. The van der Waals surface area contributed by atoms with Gasteiger partial charge in [0.2, 0.25) is 0 Å². The van der Waals surface area contributed by atoms with Crippen LogP contribution in [0.5, 0.6) is 5.19 Å². The van der Waals surface area contributed by atoms with Crippen LogP contribution in [0.2, 0.25) is 0 Å². The van der Waals surface area contributed by atoms with E-state index in [0.717, 1.165) is 15.9 Å². The van der Waals surface area contributed by atoms with E-state index in [9.17, 15) is 0 Å². The first kappa shape index (κ1) is 9.15. The largest absolute Gasteiger partial charge is 0.325 e. The van der Waals surface area contributed by atoms with Crippen molar-refractivity contribution in [2.24, 2.45) is 5.16 Å². The predicted molar refractivity (Wildman–Crippen MR) is 59.0 cm³/mol. The number of nitrogens with zero attached hydrogens (tertiary/aromatic N) is 2. The standard InChI is InChI=1S/C10H10N2OS/c1-7(2)12-13-10-11-8-5-3-4-6-9(8)14-10/h3-6H,1-2H3. The van der Waals surface area contributed by atoms with Crippen LogP contribution in [0.15, 0.2) is 29.4 Å². The second-order valence-electron chi connectivity index (χ2n) is 3.08. The second kappa shape index (κ2) is 3.75. The Morgan fingerprint density at radius 2 is 2.14 bits per heavy atom. The highest BCUT2D eigenvalue weighted by Crippen LogP contribution is 2.27. The zero-order valence-electron chi connectivity index (χ0n) is 8.02. The number of para-hydroxylation sites is 1. The Labute approximate surface area is 86.0 Å². The van der Waals surface area contributed by atoms with Crippen molar-refractivity contribution in [2.75, 3.05) is 0 Å². The minimum atomic E-state index is 0.590. The van der Waals surface area contributed by atoms with Gasteiger partial charge in [-0.2, -0.15) is 0 Å². The molecule has 1 aromatic carbocycles. The van der Waals surface area contributed by atoms with Crippen LogP contribution in [0.1, 0.15) is 13.8 Å². The van der Waals surface area contributed by atoms with E-state index in [1.54, 1.807) is 0 Å². The molecule has 14 heavy (non-hydrogen) atoms. The number of hydrogen-bond acceptors (Lipinski definition) is 4. The van der Waals surface area contributed by atoms with Crippen molar-refractivity contribution < 1.29 is 4.84 Å². The highest BCUT2D eigenvalue weighted by Gasteiger charge is 2.02. The molecule has 0 fully saturated rings. The number of aromatic nitrogens is 1. The minimum absolute atomic E-state index is 0.590. The first-order chi connectivity index (χ1) is 6.75. The minimum Gasteiger partial charge on any atom is -0.325 e. The van der Waals surface area contributed by atoms with Crippen molar-refractivity contribution in [1.82, 2.24) is 4.98 Å². The summed E-state index contributed by atoms with van der Waals surface area (Å²) in [6, 6.07) is 7.92. The van der Waals surface area contributed by atoms with Gasteiger partial charge in [-0.25, -0.2) is 4.98 Å². The van der Waals surface area contributed by atoms with E-state index < -0.39 is 0 Å². The van der Waals surface area contributed by atoms with Crippen LogP contribution < -0.4 is 4.84 Å². The summed E-state index contributed by atoms with van der Waals surface area (Å²) < 4.78 is 1.12. The second-order valence-corrected chi connectivity index (χ2v) is 4.07. The van der Waals surface area contributed by atoms with E-state index in [4.69, 9.17) is 4.84 Å². The Balaban J connectivity index is 2.31. The number of fused-ring (bicyclic) bond motifs is 1. The molecule has 1 heterocycles. The number of benzene rings is 1. The number of thiazole rings is 1. The molecule has 72 valence electrons. The third-order valence-corrected chi connectivity index (χ3v) is 2.49. The maximum Gasteiger partial charge on any atom is 0.306 e. The number of oxime groups is 1. The lowest BCUT2D eigenvalue weighted by Gasteiger charge is -1.90. The quantitative estimate of drug-likeness (QED) is 0.559. The Morgan fingerprint density at radius 3 is 2.86 bits per heavy atom. The normalized spacial score (nSPS) is 10.1. The van der Waals surface area contributed by atoms with Crippen molar-refractivity contribution in [2.45, 2.75) is 13.8 Å². The van der Waals surface area contributed by atoms with Gasteiger partial charge in [0.1, 0.15) is 0 Å². The average molecular weight is 206 g/mol. The summed E-state index contributed by atoms with van der Waals surface area (Å²) in [5.74, 6) is 0. The average Bonchev–Trinajstić information content (AvgIpc) is 2.57. The maximum atomic E-state index is 5.15. The Hall–Kier alpha value is -1.42. The van der Waals surface area contributed by atoms with E-state index in [0.29, 0.717) is 5.19 Å². The van der Waals surface area contributed by atoms with Crippen LogP contribution in [0, 0.1) is 0 Å². The van der Waals surface area contributed by atoms with Crippen LogP contribution in [-0.4, -0.2) is 10.7 Å². The van der Waals surface area contributed by atoms with E-state index in [1.807, 2.05) is 38.1 Å². The molecule has 0 aliphatic heterocycles. The molecule has 0 saturated heterocycles. The van der Waals surface area contributed by atoms with Crippen molar-refractivity contribution >= 4 is 27.3 Å². The molecule has 0 N–H and O–H groups in total. The summed E-state index contributed by atoms with van der Waals surface area (Å²) in [5, 5.41) is 4.44. The third kappa shape index (κ3) is 1.90. The van der Waals surface area contributed by atoms with Gasteiger partial charge in [0, 0.05) is 0 Å². The first-order valence-corrected chi connectivity index (χ1v) is 5.11. The topological polar surface area (TPSA) is 34.5 Å². The van der Waals surface area contributed by atoms with E-state index >= 15 is 0 Å². The van der Waals surface area contributed by atoms with Crippen LogP contribution in [0.25, 0.3) is 10.2 Å². The molecule has 0 atom stereocenters. The fraction of sp³-hybridized carbons (Fsp3) is 0.200. The molecule has 0 aliphatic carbocycles. The molecule has 0 saturated carbocycles. The molecule has 1 aromatic heterocycles. The molecule has 0 radical (unpaired) electrons. The monoisotopic (exact) mass is 206 g/mol. The molecule has 0 spiro atoms. The first-order valence-electron chi connectivity index (χ1n) is 4.29. The highest BCUT2D eigenvalue weighted by molar-refractivity contribution is 7.20. The van der Waals surface area contributed by atoms with Gasteiger partial charge in [-0.05, 0) is 26.0 Å². The van der Waals surface area contributed by atoms with Gasteiger partial charge in [0.05, 0.1) is 15.9 Å². The Morgan fingerprint density at radius 1 is 1.36 bits per heavy atom. The molecule has 2 aromatic rings. The summed E-state index contributed by atoms with van der Waals surface area (Å²) in [6.45, 7) is 3.76. The molecular formula is C10H10N2OS.